The number of benzene rings is 1. The van der Waals surface area contributed by atoms with E-state index < -0.39 is 0 Å². The topological polar surface area (TPSA) is 73.3 Å². The fourth-order valence-corrected chi connectivity index (χ4v) is 4.57. The van der Waals surface area contributed by atoms with Crippen LogP contribution in [0.1, 0.15) is 49.9 Å². The molecule has 1 aliphatic carbocycles. The molecule has 1 amide bonds. The minimum atomic E-state index is -0.157. The van der Waals surface area contributed by atoms with Crippen molar-refractivity contribution in [3.63, 3.8) is 0 Å². The molecule has 1 atom stereocenters. The van der Waals surface area contributed by atoms with E-state index in [1.54, 1.807) is 13.3 Å². The maximum absolute atomic E-state index is 12.6. The third-order valence-electron chi connectivity index (χ3n) is 5.44. The van der Waals surface area contributed by atoms with Crippen LogP contribution in [0.4, 0.5) is 0 Å². The molecule has 0 aliphatic heterocycles. The van der Waals surface area contributed by atoms with E-state index in [2.05, 4.69) is 15.3 Å². The number of rotatable bonds is 8. The van der Waals surface area contributed by atoms with Crippen LogP contribution in [0.25, 0.3) is 10.7 Å². The van der Waals surface area contributed by atoms with Gasteiger partial charge in [-0.15, -0.1) is 11.3 Å². The molecule has 1 N–H and O–H groups in total. The molecular formula is C24H27N3O3S. The number of methoxy groups -OCH3 is 1. The summed E-state index contributed by atoms with van der Waals surface area (Å²) in [4.78, 5) is 21.4. The Morgan fingerprint density at radius 2 is 2.06 bits per heavy atom. The Kier molecular flexibility index (Phi) is 6.82. The van der Waals surface area contributed by atoms with E-state index in [1.807, 2.05) is 48.7 Å². The lowest BCUT2D eigenvalue weighted by molar-refractivity contribution is -0.121. The molecule has 0 radical (unpaired) electrons. The predicted octanol–water partition coefficient (Wildman–Crippen LogP) is 4.96. The molecule has 162 valence electrons. The Labute approximate surface area is 186 Å². The predicted molar refractivity (Wildman–Crippen MR) is 121 cm³/mol. The molecule has 4 rings (SSSR count). The highest BCUT2D eigenvalue weighted by Crippen LogP contribution is 2.33. The fourth-order valence-electron chi connectivity index (χ4n) is 3.77. The van der Waals surface area contributed by atoms with Gasteiger partial charge in [0.1, 0.15) is 5.01 Å². The molecule has 2 aromatic heterocycles. The normalized spacial score (nSPS) is 14.9. The number of amides is 1. The maximum Gasteiger partial charge on any atom is 0.226 e. The van der Waals surface area contributed by atoms with Crippen molar-refractivity contribution in [3.05, 3.63) is 59.2 Å². The van der Waals surface area contributed by atoms with Crippen LogP contribution < -0.4 is 14.8 Å². The SMILES string of the molecule is COc1cc(C(C)NC(=O)Cc2csc(-c3ccccn3)n2)ccc1OC1CCCC1. The first-order valence-electron chi connectivity index (χ1n) is 10.6. The van der Waals surface area contributed by atoms with Gasteiger partial charge in [0.25, 0.3) is 0 Å². The monoisotopic (exact) mass is 437 g/mol. The second kappa shape index (κ2) is 9.92. The molecule has 0 spiro atoms. The van der Waals surface area contributed by atoms with Crippen LogP contribution in [-0.2, 0) is 11.2 Å². The first-order chi connectivity index (χ1) is 15.1. The van der Waals surface area contributed by atoms with E-state index in [4.69, 9.17) is 9.47 Å². The molecule has 1 fully saturated rings. The third kappa shape index (κ3) is 5.41. The van der Waals surface area contributed by atoms with Gasteiger partial charge in [0.05, 0.1) is 37.1 Å². The van der Waals surface area contributed by atoms with Crippen molar-refractivity contribution >= 4 is 17.2 Å². The zero-order chi connectivity index (χ0) is 21.6. The third-order valence-corrected chi connectivity index (χ3v) is 6.35. The first-order valence-corrected chi connectivity index (χ1v) is 11.5. The van der Waals surface area contributed by atoms with Crippen LogP contribution in [-0.4, -0.2) is 29.1 Å². The Balaban J connectivity index is 1.36. The summed E-state index contributed by atoms with van der Waals surface area (Å²) in [6.07, 6.45) is 6.86. The number of carbonyl (C=O) groups is 1. The number of nitrogens with zero attached hydrogens (tertiary/aromatic N) is 2. The summed E-state index contributed by atoms with van der Waals surface area (Å²) in [5.41, 5.74) is 2.53. The Morgan fingerprint density at radius 1 is 1.23 bits per heavy atom. The number of nitrogens with one attached hydrogen (secondary N) is 1. The van der Waals surface area contributed by atoms with Gasteiger partial charge in [-0.2, -0.15) is 0 Å². The molecule has 1 saturated carbocycles. The number of thiazole rings is 1. The average Bonchev–Trinajstić information content (AvgIpc) is 3.47. The van der Waals surface area contributed by atoms with Crippen LogP contribution in [0, 0.1) is 0 Å². The summed E-state index contributed by atoms with van der Waals surface area (Å²) >= 11 is 1.50. The minimum absolute atomic E-state index is 0.0735. The van der Waals surface area contributed by atoms with Crippen LogP contribution in [0.5, 0.6) is 11.5 Å². The summed E-state index contributed by atoms with van der Waals surface area (Å²) in [7, 11) is 1.64. The fraction of sp³-hybridized carbons (Fsp3) is 0.375. The number of hydrogen-bond donors (Lipinski definition) is 1. The van der Waals surface area contributed by atoms with Crippen molar-refractivity contribution in [2.75, 3.05) is 7.11 Å². The summed E-state index contributed by atoms with van der Waals surface area (Å²) in [5, 5.41) is 5.78. The molecule has 7 heteroatoms. The summed E-state index contributed by atoms with van der Waals surface area (Å²) < 4.78 is 11.6. The van der Waals surface area contributed by atoms with Gasteiger partial charge < -0.3 is 14.8 Å². The van der Waals surface area contributed by atoms with Gasteiger partial charge in [0.15, 0.2) is 11.5 Å². The van der Waals surface area contributed by atoms with E-state index in [-0.39, 0.29) is 24.5 Å². The second-order valence-corrected chi connectivity index (χ2v) is 8.62. The Morgan fingerprint density at radius 3 is 2.81 bits per heavy atom. The lowest BCUT2D eigenvalue weighted by atomic mass is 10.1. The number of ether oxygens (including phenoxy) is 2. The van der Waals surface area contributed by atoms with E-state index >= 15 is 0 Å². The molecule has 1 aromatic carbocycles. The van der Waals surface area contributed by atoms with Crippen molar-refractivity contribution in [2.45, 2.75) is 51.2 Å². The molecule has 2 heterocycles. The summed E-state index contributed by atoms with van der Waals surface area (Å²) in [6, 6.07) is 11.4. The first kappa shape index (κ1) is 21.3. The Hall–Kier alpha value is -2.93. The van der Waals surface area contributed by atoms with Crippen LogP contribution in [0.2, 0.25) is 0 Å². The molecular weight excluding hydrogens is 410 g/mol. The Bertz CT molecular complexity index is 1020. The van der Waals surface area contributed by atoms with E-state index in [0.717, 1.165) is 40.6 Å². The highest BCUT2D eigenvalue weighted by atomic mass is 32.1. The minimum Gasteiger partial charge on any atom is -0.493 e. The number of hydrogen-bond acceptors (Lipinski definition) is 6. The second-order valence-electron chi connectivity index (χ2n) is 7.76. The van der Waals surface area contributed by atoms with E-state index in [1.165, 1.54) is 24.2 Å². The largest absolute Gasteiger partial charge is 0.493 e. The summed E-state index contributed by atoms with van der Waals surface area (Å²) in [6.45, 7) is 1.96. The van der Waals surface area contributed by atoms with Crippen molar-refractivity contribution in [1.29, 1.82) is 0 Å². The lowest BCUT2D eigenvalue weighted by Crippen LogP contribution is -2.28. The van der Waals surface area contributed by atoms with Gasteiger partial charge >= 0.3 is 0 Å². The quantitative estimate of drug-likeness (QED) is 0.539. The molecule has 31 heavy (non-hydrogen) atoms. The number of aromatic nitrogens is 2. The smallest absolute Gasteiger partial charge is 0.226 e. The van der Waals surface area contributed by atoms with Crippen LogP contribution >= 0.6 is 11.3 Å². The molecule has 6 nitrogen and oxygen atoms in total. The van der Waals surface area contributed by atoms with Gasteiger partial charge in [-0.25, -0.2) is 4.98 Å². The van der Waals surface area contributed by atoms with Crippen molar-refractivity contribution in [3.8, 4) is 22.2 Å². The van der Waals surface area contributed by atoms with Gasteiger partial charge in [-0.1, -0.05) is 12.1 Å². The van der Waals surface area contributed by atoms with Gasteiger partial charge in [0, 0.05) is 11.6 Å². The molecule has 1 aliphatic rings. The standard InChI is InChI=1S/C24H27N3O3S/c1-16(17-10-11-21(22(13-17)29-2)30-19-7-3-4-8-19)26-23(28)14-18-15-31-24(27-18)20-9-5-6-12-25-20/h5-6,9-13,15-16,19H,3-4,7-8,14H2,1-2H3,(H,26,28). The molecule has 0 bridgehead atoms. The van der Waals surface area contributed by atoms with Crippen molar-refractivity contribution in [2.24, 2.45) is 0 Å². The van der Waals surface area contributed by atoms with Crippen LogP contribution in [0.15, 0.2) is 48.0 Å². The van der Waals surface area contributed by atoms with Crippen LogP contribution in [0.3, 0.4) is 0 Å². The van der Waals surface area contributed by atoms with E-state index in [0.29, 0.717) is 5.75 Å². The number of pyridine rings is 1. The van der Waals surface area contributed by atoms with Crippen molar-refractivity contribution in [1.82, 2.24) is 15.3 Å². The highest BCUT2D eigenvalue weighted by molar-refractivity contribution is 7.13. The highest BCUT2D eigenvalue weighted by Gasteiger charge is 2.20. The molecule has 1 unspecified atom stereocenters. The average molecular weight is 438 g/mol. The zero-order valence-corrected chi connectivity index (χ0v) is 18.7. The maximum atomic E-state index is 12.6. The van der Waals surface area contributed by atoms with Crippen molar-refractivity contribution < 1.29 is 14.3 Å². The summed E-state index contributed by atoms with van der Waals surface area (Å²) in [5.74, 6) is 1.39. The number of carbonyl (C=O) groups excluding carboxylic acids is 1. The van der Waals surface area contributed by atoms with Gasteiger partial charge in [-0.05, 0) is 62.4 Å². The zero-order valence-electron chi connectivity index (χ0n) is 17.8. The van der Waals surface area contributed by atoms with E-state index in [9.17, 15) is 4.79 Å². The molecule has 0 saturated heterocycles. The van der Waals surface area contributed by atoms with Gasteiger partial charge in [0.2, 0.25) is 5.91 Å². The van der Waals surface area contributed by atoms with Gasteiger partial charge in [-0.3, -0.25) is 9.78 Å². The lowest BCUT2D eigenvalue weighted by Gasteiger charge is -2.19. The molecule has 3 aromatic rings.